The van der Waals surface area contributed by atoms with Crippen molar-refractivity contribution in [2.24, 2.45) is 39.6 Å². The molecule has 0 saturated carbocycles. The molecular weight excluding hydrogens is 1060 g/mol. The molecule has 6 aromatic rings. The second-order valence-electron chi connectivity index (χ2n) is 20.8. The summed E-state index contributed by atoms with van der Waals surface area (Å²) >= 11 is 0. The number of para-hydroxylation sites is 1. The molecule has 7 atom stereocenters. The minimum atomic E-state index is -1.30. The molecule has 24 nitrogen and oxygen atoms in total. The van der Waals surface area contributed by atoms with Crippen molar-refractivity contribution in [3.05, 3.63) is 138 Å². The van der Waals surface area contributed by atoms with Gasteiger partial charge in [-0.25, -0.2) is 4.98 Å². The van der Waals surface area contributed by atoms with E-state index in [2.05, 4.69) is 57.2 Å². The molecular formula is C59H78N16O8. The number of carbonyl (C=O) groups excluding carboxylic acids is 8. The zero-order chi connectivity index (χ0) is 59.8. The van der Waals surface area contributed by atoms with Gasteiger partial charge in [-0.15, -0.1) is 0 Å². The van der Waals surface area contributed by atoms with Gasteiger partial charge >= 0.3 is 0 Å². The highest BCUT2D eigenvalue weighted by Crippen LogP contribution is 2.21. The molecule has 8 amide bonds. The molecule has 0 bridgehead atoms. The van der Waals surface area contributed by atoms with Gasteiger partial charge < -0.3 is 75.9 Å². The van der Waals surface area contributed by atoms with Crippen LogP contribution in [0.2, 0.25) is 0 Å². The molecule has 0 saturated heterocycles. The monoisotopic (exact) mass is 1140 g/mol. The quantitative estimate of drug-likeness (QED) is 0.0151. The number of nitrogens with two attached hydrogens (primary N) is 5. The molecule has 2 aromatic heterocycles. The number of hydrogen-bond acceptors (Lipinski definition) is 12. The van der Waals surface area contributed by atoms with Gasteiger partial charge in [0.2, 0.25) is 47.3 Å². The fourth-order valence-corrected chi connectivity index (χ4v) is 9.46. The largest absolute Gasteiger partial charge is 0.370 e. The number of nitrogens with one attached hydrogen (secondary N) is 9. The molecule has 0 aliphatic rings. The lowest BCUT2D eigenvalue weighted by Gasteiger charge is -2.26. The number of imidazole rings is 1. The second kappa shape index (κ2) is 31.7. The normalized spacial score (nSPS) is 13.7. The highest BCUT2D eigenvalue weighted by atomic mass is 16.2. The van der Waals surface area contributed by atoms with Crippen LogP contribution in [0.1, 0.15) is 74.8 Å². The Morgan fingerprint density at radius 2 is 1.19 bits per heavy atom. The van der Waals surface area contributed by atoms with E-state index < -0.39 is 89.6 Å². The van der Waals surface area contributed by atoms with Crippen molar-refractivity contribution in [3.8, 4) is 0 Å². The van der Waals surface area contributed by atoms with Gasteiger partial charge in [-0.3, -0.25) is 43.3 Å². The van der Waals surface area contributed by atoms with E-state index in [-0.39, 0.29) is 76.3 Å². The van der Waals surface area contributed by atoms with Crippen molar-refractivity contribution in [2.45, 2.75) is 120 Å². The number of H-pyrrole nitrogens is 2. The average Bonchev–Trinajstić information content (AvgIpc) is 4.40. The third kappa shape index (κ3) is 19.8. The van der Waals surface area contributed by atoms with Crippen LogP contribution < -0.4 is 65.9 Å². The number of nitrogens with zero attached hydrogens (tertiary/aromatic N) is 2. The Hall–Kier alpha value is -9.16. The zero-order valence-electron chi connectivity index (χ0n) is 46.8. The number of hydrogen-bond donors (Lipinski definition) is 14. The standard InChI is InChI=1S/C59H78N16O8/c1-35(2)51(52(62)77)75-58(83)47(28-36-13-4-3-5-14-36)73-55(80)45(19-10-11-24-60)70-50(76)23-26-66-54(79)49(30-40-32-68-44-18-9-8-17-42(40)44)74-56(81)46(20-12-25-67-59(63)64)71-57(82)48(72-53(78)43(61)31-41-33-65-34-69-41)29-37-21-22-38-15-6-7-16-39(38)27-37/h3-9,13-18,21-22,27,32-35,43,45-49,51,68H,10-12,19-20,23-26,28-31,60-61H2,1-2H3,(H2,62,77)(H,65,69)(H,66,79)(H,70,76)(H,71,82)(H,72,78)(H,73,80)(H,74,81)(H,75,83)(H4,63,64,67)/t43-,45-,46-,47-,48-,49-,51-/m0/s1. The Morgan fingerprint density at radius 3 is 1.87 bits per heavy atom. The Morgan fingerprint density at radius 1 is 0.590 bits per heavy atom. The van der Waals surface area contributed by atoms with E-state index in [0.717, 1.165) is 27.2 Å². The number of aromatic amines is 2. The lowest BCUT2D eigenvalue weighted by atomic mass is 9.99. The third-order valence-corrected chi connectivity index (χ3v) is 14.0. The molecule has 83 heavy (non-hydrogen) atoms. The van der Waals surface area contributed by atoms with Crippen LogP contribution in [-0.2, 0) is 64.0 Å². The molecule has 0 radical (unpaired) electrons. The summed E-state index contributed by atoms with van der Waals surface area (Å²) < 4.78 is 0. The van der Waals surface area contributed by atoms with Crippen LogP contribution in [-0.4, -0.2) is 130 Å². The highest BCUT2D eigenvalue weighted by molar-refractivity contribution is 5.97. The number of fused-ring (bicyclic) bond motifs is 2. The van der Waals surface area contributed by atoms with Crippen LogP contribution in [0.15, 0.2) is 121 Å². The summed E-state index contributed by atoms with van der Waals surface area (Å²) in [5.41, 5.74) is 32.5. The van der Waals surface area contributed by atoms with Gasteiger partial charge in [0.25, 0.3) is 0 Å². The number of aliphatic imine (C=N–C) groups is 1. The zero-order valence-corrected chi connectivity index (χ0v) is 46.8. The topological polar surface area (TPSA) is 408 Å². The Bertz CT molecular complexity index is 3160. The predicted octanol–water partition coefficient (Wildman–Crippen LogP) is 0.381. The fraction of sp³-hybridized carbons (Fsp3) is 0.390. The van der Waals surface area contributed by atoms with Gasteiger partial charge in [-0.05, 0) is 78.1 Å². The lowest BCUT2D eigenvalue weighted by Crippen LogP contribution is -2.58. The molecule has 0 aliphatic heterocycles. The maximum Gasteiger partial charge on any atom is 0.243 e. The van der Waals surface area contributed by atoms with Crippen LogP contribution in [0, 0.1) is 5.92 Å². The van der Waals surface area contributed by atoms with Gasteiger partial charge in [-0.1, -0.05) is 105 Å². The fourth-order valence-electron chi connectivity index (χ4n) is 9.46. The number of unbranched alkanes of at least 4 members (excludes halogenated alkanes) is 1. The van der Waals surface area contributed by atoms with Crippen molar-refractivity contribution in [1.82, 2.24) is 52.2 Å². The van der Waals surface area contributed by atoms with Crippen LogP contribution in [0.25, 0.3) is 21.7 Å². The van der Waals surface area contributed by atoms with Crippen molar-refractivity contribution in [2.75, 3.05) is 19.6 Å². The van der Waals surface area contributed by atoms with Crippen LogP contribution >= 0.6 is 0 Å². The van der Waals surface area contributed by atoms with Crippen molar-refractivity contribution >= 4 is 74.9 Å². The first-order valence-electron chi connectivity index (χ1n) is 27.8. The van der Waals surface area contributed by atoms with E-state index in [4.69, 9.17) is 28.7 Å². The summed E-state index contributed by atoms with van der Waals surface area (Å²) in [7, 11) is 0. The number of primary amides is 1. The summed E-state index contributed by atoms with van der Waals surface area (Å²) in [6, 6.07) is 21.5. The Labute approximate surface area is 481 Å². The Balaban J connectivity index is 1.19. The van der Waals surface area contributed by atoms with Gasteiger partial charge in [0.1, 0.15) is 36.3 Å². The maximum absolute atomic E-state index is 14.7. The number of rotatable bonds is 33. The Kier molecular flexibility index (Phi) is 24.1. The van der Waals surface area contributed by atoms with E-state index in [0.29, 0.717) is 36.2 Å². The van der Waals surface area contributed by atoms with E-state index in [1.54, 1.807) is 50.5 Å². The molecule has 4 aromatic carbocycles. The molecule has 0 unspecified atom stereocenters. The SMILES string of the molecule is CC(C)[C@H](NC(=O)[C@H](Cc1ccccc1)NC(=O)[C@H](CCCCN)NC(=O)CCNC(=O)[C@H](Cc1c[nH]c2ccccc12)NC(=O)[C@H](CCCN=C(N)N)NC(=O)[C@H](Cc1ccc2ccccc2c1)NC(=O)[C@@H](N)Cc1cnc[nH]1)C(N)=O. The summed E-state index contributed by atoms with van der Waals surface area (Å²) in [5, 5.41) is 22.1. The molecule has 0 spiro atoms. The summed E-state index contributed by atoms with van der Waals surface area (Å²) in [6.45, 7) is 3.64. The van der Waals surface area contributed by atoms with Gasteiger partial charge in [0, 0.05) is 74.2 Å². The number of carbonyl (C=O) groups is 8. The summed E-state index contributed by atoms with van der Waals surface area (Å²) in [6.07, 6.45) is 5.92. The third-order valence-electron chi connectivity index (χ3n) is 14.0. The van der Waals surface area contributed by atoms with Gasteiger partial charge in [-0.2, -0.15) is 0 Å². The van der Waals surface area contributed by atoms with Crippen LogP contribution in [0.3, 0.4) is 0 Å². The second-order valence-corrected chi connectivity index (χ2v) is 20.8. The summed E-state index contributed by atoms with van der Waals surface area (Å²) in [4.78, 5) is 125. The van der Waals surface area contributed by atoms with E-state index in [9.17, 15) is 38.4 Å². The average molecular weight is 1140 g/mol. The smallest absolute Gasteiger partial charge is 0.243 e. The number of amides is 8. The van der Waals surface area contributed by atoms with Crippen molar-refractivity contribution in [1.29, 1.82) is 0 Å². The number of guanidine groups is 1. The predicted molar refractivity (Wildman–Crippen MR) is 316 cm³/mol. The number of aromatic nitrogens is 3. The first-order valence-corrected chi connectivity index (χ1v) is 27.8. The van der Waals surface area contributed by atoms with E-state index in [1.807, 2.05) is 72.8 Å². The summed E-state index contributed by atoms with van der Waals surface area (Å²) in [5.74, 6) is -5.91. The van der Waals surface area contributed by atoms with Crippen LogP contribution in [0.5, 0.6) is 0 Å². The van der Waals surface area contributed by atoms with Crippen LogP contribution in [0.4, 0.5) is 0 Å². The van der Waals surface area contributed by atoms with E-state index >= 15 is 0 Å². The molecule has 0 fully saturated rings. The minimum Gasteiger partial charge on any atom is -0.370 e. The molecule has 2 heterocycles. The molecule has 0 aliphatic carbocycles. The highest BCUT2D eigenvalue weighted by Gasteiger charge is 2.33. The van der Waals surface area contributed by atoms with E-state index in [1.165, 1.54) is 6.33 Å². The van der Waals surface area contributed by atoms with Gasteiger partial charge in [0.15, 0.2) is 5.96 Å². The maximum atomic E-state index is 14.7. The lowest BCUT2D eigenvalue weighted by molar-refractivity contribution is -0.134. The molecule has 442 valence electrons. The van der Waals surface area contributed by atoms with Crippen molar-refractivity contribution in [3.63, 3.8) is 0 Å². The molecule has 24 heteroatoms. The van der Waals surface area contributed by atoms with Gasteiger partial charge in [0.05, 0.1) is 12.4 Å². The minimum absolute atomic E-state index is 0.00450. The number of benzene rings is 4. The van der Waals surface area contributed by atoms with Crippen molar-refractivity contribution < 1.29 is 38.4 Å². The molecule has 6 rings (SSSR count). The first-order chi connectivity index (χ1) is 39.9. The molecule has 19 N–H and O–H groups in total. The first kappa shape index (κ1) is 63.0.